The Morgan fingerprint density at radius 3 is 1.92 bits per heavy atom. The summed E-state index contributed by atoms with van der Waals surface area (Å²) in [5, 5.41) is 8.38. The SMILES string of the molecule is O=C(O)c1ccccc1.[NH-]C=O.[Na+]. The third kappa shape index (κ3) is 7.52. The van der Waals surface area contributed by atoms with Crippen molar-refractivity contribution in [2.24, 2.45) is 0 Å². The molecule has 64 valence electrons. The van der Waals surface area contributed by atoms with Crippen LogP contribution in [0.1, 0.15) is 10.4 Å². The van der Waals surface area contributed by atoms with E-state index in [0.717, 1.165) is 0 Å². The van der Waals surface area contributed by atoms with Gasteiger partial charge in [0.1, 0.15) is 0 Å². The molecule has 0 bridgehead atoms. The summed E-state index contributed by atoms with van der Waals surface area (Å²) in [6.45, 7) is 0. The molecule has 5 heteroatoms. The minimum Gasteiger partial charge on any atom is -0.671 e. The molecule has 0 atom stereocenters. The van der Waals surface area contributed by atoms with E-state index in [1.165, 1.54) is 0 Å². The number of benzene rings is 1. The molecule has 13 heavy (non-hydrogen) atoms. The first-order valence-corrected chi connectivity index (χ1v) is 3.11. The summed E-state index contributed by atoms with van der Waals surface area (Å²) in [6, 6.07) is 8.30. The zero-order chi connectivity index (χ0) is 9.40. The van der Waals surface area contributed by atoms with Gasteiger partial charge >= 0.3 is 35.5 Å². The molecule has 0 aliphatic rings. The molecule has 0 aliphatic heterocycles. The van der Waals surface area contributed by atoms with Gasteiger partial charge in [0.15, 0.2) is 0 Å². The summed E-state index contributed by atoms with van der Waals surface area (Å²) in [5.74, 6) is -0.879. The average Bonchev–Trinajstić information content (AvgIpc) is 2.07. The van der Waals surface area contributed by atoms with Gasteiger partial charge in [-0.3, -0.25) is 0 Å². The summed E-state index contributed by atoms with van der Waals surface area (Å²) >= 11 is 0. The molecule has 0 aliphatic carbocycles. The number of carboxylic acid groups (broad SMARTS) is 1. The number of hydrogen-bond donors (Lipinski definition) is 1. The van der Waals surface area contributed by atoms with Crippen LogP contribution in [0.2, 0.25) is 0 Å². The Morgan fingerprint density at radius 1 is 1.31 bits per heavy atom. The van der Waals surface area contributed by atoms with E-state index < -0.39 is 5.97 Å². The molecule has 4 nitrogen and oxygen atoms in total. The molecule has 1 aromatic rings. The fourth-order valence-electron chi connectivity index (χ4n) is 0.581. The second kappa shape index (κ2) is 9.25. The van der Waals surface area contributed by atoms with Crippen molar-refractivity contribution in [1.82, 2.24) is 0 Å². The molecular weight excluding hydrogens is 181 g/mol. The molecule has 1 amide bonds. The smallest absolute Gasteiger partial charge is 0.671 e. The number of hydrogen-bond acceptors (Lipinski definition) is 2. The van der Waals surface area contributed by atoms with Gasteiger partial charge in [-0.2, -0.15) is 0 Å². The van der Waals surface area contributed by atoms with Gasteiger partial charge in [-0.25, -0.2) is 4.79 Å². The van der Waals surface area contributed by atoms with E-state index in [1.54, 1.807) is 30.3 Å². The number of aromatic carboxylic acids is 1. The van der Waals surface area contributed by atoms with Crippen molar-refractivity contribution in [2.75, 3.05) is 0 Å². The Kier molecular flexibility index (Phi) is 10.4. The topological polar surface area (TPSA) is 78.2 Å². The Labute approximate surface area is 98.0 Å². The monoisotopic (exact) mass is 189 g/mol. The third-order valence-electron chi connectivity index (χ3n) is 1.02. The van der Waals surface area contributed by atoms with Gasteiger partial charge in [-0.1, -0.05) is 18.2 Å². The fourth-order valence-corrected chi connectivity index (χ4v) is 0.581. The molecule has 0 saturated carbocycles. The summed E-state index contributed by atoms with van der Waals surface area (Å²) < 4.78 is 0. The van der Waals surface area contributed by atoms with E-state index in [2.05, 4.69) is 0 Å². The van der Waals surface area contributed by atoms with Crippen LogP contribution in [0.5, 0.6) is 0 Å². The minimum atomic E-state index is -0.879. The van der Waals surface area contributed by atoms with Crippen LogP contribution in [0.3, 0.4) is 0 Å². The van der Waals surface area contributed by atoms with Gasteiger partial charge in [0.05, 0.1) is 5.56 Å². The van der Waals surface area contributed by atoms with Crippen molar-refractivity contribution in [3.8, 4) is 0 Å². The number of carboxylic acids is 1. The molecule has 1 aromatic carbocycles. The molecular formula is C8H8NNaO3. The van der Waals surface area contributed by atoms with Crippen LogP contribution in [-0.2, 0) is 4.79 Å². The molecule has 0 saturated heterocycles. The van der Waals surface area contributed by atoms with Crippen molar-refractivity contribution in [1.29, 1.82) is 0 Å². The van der Waals surface area contributed by atoms with Crippen molar-refractivity contribution in [3.05, 3.63) is 41.6 Å². The minimum absolute atomic E-state index is 0. The molecule has 0 spiro atoms. The molecule has 0 fully saturated rings. The van der Waals surface area contributed by atoms with Gasteiger partial charge in [-0.15, -0.1) is 0 Å². The molecule has 0 radical (unpaired) electrons. The maximum atomic E-state index is 10.2. The standard InChI is InChI=1S/C7H6O2.CH3NO.Na/c8-7(9)6-4-2-1-3-5-6;2-1-3;/h1-5H,(H,8,9);1H,(H2,2,3);/q;;+1/p-1. The first kappa shape index (κ1) is 14.7. The largest absolute Gasteiger partial charge is 1.00 e. The maximum absolute atomic E-state index is 10.2. The number of carbonyl (C=O) groups is 2. The number of amides is 1. The fraction of sp³-hybridized carbons (Fsp3) is 0. The predicted molar refractivity (Wildman–Crippen MR) is 43.8 cm³/mol. The molecule has 0 heterocycles. The Balaban J connectivity index is 0. The summed E-state index contributed by atoms with van der Waals surface area (Å²) in [6.07, 6.45) is 0. The predicted octanol–water partition coefficient (Wildman–Crippen LogP) is -1.42. The first-order chi connectivity index (χ1) is 5.72. The molecule has 1 rings (SSSR count). The van der Waals surface area contributed by atoms with Gasteiger partial charge in [0.2, 0.25) is 0 Å². The molecule has 0 aromatic heterocycles. The molecule has 2 N–H and O–H groups in total. The van der Waals surface area contributed by atoms with E-state index in [9.17, 15) is 4.79 Å². The van der Waals surface area contributed by atoms with Gasteiger partial charge < -0.3 is 15.6 Å². The van der Waals surface area contributed by atoms with Crippen molar-refractivity contribution >= 4 is 12.4 Å². The van der Waals surface area contributed by atoms with Crippen LogP contribution in [0.4, 0.5) is 0 Å². The van der Waals surface area contributed by atoms with E-state index >= 15 is 0 Å². The van der Waals surface area contributed by atoms with Crippen molar-refractivity contribution < 1.29 is 44.3 Å². The Morgan fingerprint density at radius 2 is 1.69 bits per heavy atom. The Hall–Kier alpha value is -0.840. The number of nitrogens with one attached hydrogen (secondary N) is 1. The van der Waals surface area contributed by atoms with Crippen LogP contribution >= 0.6 is 0 Å². The van der Waals surface area contributed by atoms with Crippen LogP contribution in [-0.4, -0.2) is 17.5 Å². The number of carbonyl (C=O) groups excluding carboxylic acids is 1. The maximum Gasteiger partial charge on any atom is 1.00 e. The van der Waals surface area contributed by atoms with Gasteiger partial charge in [-0.05, 0) is 12.1 Å². The van der Waals surface area contributed by atoms with E-state index in [-0.39, 0.29) is 36.0 Å². The van der Waals surface area contributed by atoms with E-state index in [1.807, 2.05) is 0 Å². The Bertz CT molecular complexity index is 251. The van der Waals surface area contributed by atoms with Crippen LogP contribution in [0, 0.1) is 0 Å². The normalized spacial score (nSPS) is 7.08. The van der Waals surface area contributed by atoms with Crippen LogP contribution < -0.4 is 29.6 Å². The first-order valence-electron chi connectivity index (χ1n) is 3.11. The zero-order valence-electron chi connectivity index (χ0n) is 7.23. The third-order valence-corrected chi connectivity index (χ3v) is 1.02. The summed E-state index contributed by atoms with van der Waals surface area (Å²) in [7, 11) is 0. The zero-order valence-corrected chi connectivity index (χ0v) is 9.23. The van der Waals surface area contributed by atoms with Crippen LogP contribution in [0.15, 0.2) is 30.3 Å². The van der Waals surface area contributed by atoms with E-state index in [4.69, 9.17) is 15.6 Å². The van der Waals surface area contributed by atoms with Crippen molar-refractivity contribution in [2.45, 2.75) is 0 Å². The van der Waals surface area contributed by atoms with Crippen molar-refractivity contribution in [3.63, 3.8) is 0 Å². The van der Waals surface area contributed by atoms with Crippen LogP contribution in [0.25, 0.3) is 5.73 Å². The summed E-state index contributed by atoms with van der Waals surface area (Å²) in [5.41, 5.74) is 5.86. The quantitative estimate of drug-likeness (QED) is 0.435. The molecule has 0 unspecified atom stereocenters. The van der Waals surface area contributed by atoms with E-state index in [0.29, 0.717) is 5.56 Å². The summed E-state index contributed by atoms with van der Waals surface area (Å²) in [4.78, 5) is 18.7. The second-order valence-electron chi connectivity index (χ2n) is 1.79. The second-order valence-corrected chi connectivity index (χ2v) is 1.79. The average molecular weight is 189 g/mol. The van der Waals surface area contributed by atoms with Gasteiger partial charge in [0.25, 0.3) is 0 Å². The number of rotatable bonds is 1. The van der Waals surface area contributed by atoms with Gasteiger partial charge in [0, 0.05) is 6.41 Å².